The van der Waals surface area contributed by atoms with Gasteiger partial charge in [-0.3, -0.25) is 0 Å². The minimum atomic E-state index is -6.21. The number of hydrogen-bond acceptors (Lipinski definition) is 3. The van der Waals surface area contributed by atoms with E-state index >= 15 is 0 Å². The molecule has 0 aliphatic carbocycles. The number of alkyl halides is 6. The van der Waals surface area contributed by atoms with Crippen LogP contribution in [0.2, 0.25) is 0 Å². The maximum atomic E-state index is 13.8. The van der Waals surface area contributed by atoms with E-state index in [1.165, 1.54) is 24.3 Å². The van der Waals surface area contributed by atoms with Crippen LogP contribution in [0.5, 0.6) is 0 Å². The van der Waals surface area contributed by atoms with Crippen molar-refractivity contribution in [2.45, 2.75) is 17.8 Å². The molecule has 0 bridgehead atoms. The highest BCUT2D eigenvalue weighted by Gasteiger charge is 2.77. The van der Waals surface area contributed by atoms with Crippen molar-refractivity contribution in [1.29, 1.82) is 0 Å². The third kappa shape index (κ3) is 3.23. The number of anilines is 1. The zero-order valence-electron chi connectivity index (χ0n) is 11.9. The van der Waals surface area contributed by atoms with Crippen LogP contribution in [0.1, 0.15) is 5.82 Å². The summed E-state index contributed by atoms with van der Waals surface area (Å²) in [5, 5.41) is 8.09. The Morgan fingerprint density at radius 1 is 1.08 bits per heavy atom. The predicted molar refractivity (Wildman–Crippen MR) is 77.1 cm³/mol. The maximum absolute atomic E-state index is 13.8. The number of benzene rings is 1. The molecule has 0 radical (unpaired) electrons. The third-order valence-corrected chi connectivity index (χ3v) is 3.15. The van der Waals surface area contributed by atoms with E-state index in [0.717, 1.165) is 6.20 Å². The number of carbonyl (C=O) groups is 1. The van der Waals surface area contributed by atoms with Crippen LogP contribution < -0.4 is 5.73 Å². The van der Waals surface area contributed by atoms with Crippen LogP contribution in [0.15, 0.2) is 30.5 Å². The summed E-state index contributed by atoms with van der Waals surface area (Å²) >= 11 is 0. The van der Waals surface area contributed by atoms with Crippen LogP contribution in [0.25, 0.3) is 11.3 Å². The molecule has 0 atom stereocenters. The fraction of sp³-hybridized carbons (Fsp3) is 0.231. The summed E-state index contributed by atoms with van der Waals surface area (Å²) in [5.74, 6) is -22.9. The number of halogens is 7. The van der Waals surface area contributed by atoms with Crippen LogP contribution >= 0.6 is 12.4 Å². The number of aliphatic carboxylic acids is 1. The van der Waals surface area contributed by atoms with Crippen molar-refractivity contribution < 1.29 is 36.2 Å². The van der Waals surface area contributed by atoms with Crippen molar-refractivity contribution >= 4 is 24.1 Å². The highest BCUT2D eigenvalue weighted by atomic mass is 35.5. The molecule has 5 nitrogen and oxygen atoms in total. The Morgan fingerprint density at radius 2 is 1.60 bits per heavy atom. The molecule has 2 aromatic rings. The summed E-state index contributed by atoms with van der Waals surface area (Å²) in [5.41, 5.74) is 5.83. The minimum Gasteiger partial charge on any atom is -0.477 e. The molecule has 12 heteroatoms. The second kappa shape index (κ2) is 6.47. The maximum Gasteiger partial charge on any atom is 0.411 e. The second-order valence-electron chi connectivity index (χ2n) is 4.80. The molecular weight excluding hydrogens is 380 g/mol. The quantitative estimate of drug-likeness (QED) is 0.539. The summed E-state index contributed by atoms with van der Waals surface area (Å²) in [6.07, 6.45) is 0.726. The monoisotopic (exact) mass is 389 g/mol. The van der Waals surface area contributed by atoms with Gasteiger partial charge in [-0.05, 0) is 17.7 Å². The van der Waals surface area contributed by atoms with Gasteiger partial charge in [-0.2, -0.15) is 26.3 Å². The fourth-order valence-electron chi connectivity index (χ4n) is 1.77. The average Bonchev–Trinajstić information content (AvgIpc) is 2.97. The lowest BCUT2D eigenvalue weighted by molar-refractivity contribution is -0.311. The molecule has 2 rings (SSSR count). The number of aromatic nitrogens is 2. The van der Waals surface area contributed by atoms with Crippen molar-refractivity contribution in [3.05, 3.63) is 36.3 Å². The van der Waals surface area contributed by atoms with Gasteiger partial charge >= 0.3 is 23.7 Å². The number of nitrogens with two attached hydrogens (primary N) is 1. The molecule has 138 valence electrons. The first kappa shape index (κ1) is 20.6. The van der Waals surface area contributed by atoms with Crippen LogP contribution in [-0.4, -0.2) is 32.9 Å². The normalized spacial score (nSPS) is 12.6. The number of carboxylic acid groups (broad SMARTS) is 1. The van der Waals surface area contributed by atoms with Crippen molar-refractivity contribution in [3.63, 3.8) is 0 Å². The van der Waals surface area contributed by atoms with E-state index in [1.54, 1.807) is 4.98 Å². The Labute approximate surface area is 142 Å². The average molecular weight is 390 g/mol. The first-order valence-electron chi connectivity index (χ1n) is 6.19. The van der Waals surface area contributed by atoms with Gasteiger partial charge in [0, 0.05) is 5.69 Å². The number of nitrogens with zero attached hydrogens (tertiary/aromatic N) is 1. The molecule has 0 saturated carbocycles. The van der Waals surface area contributed by atoms with Crippen LogP contribution in [0.3, 0.4) is 0 Å². The zero-order valence-corrected chi connectivity index (χ0v) is 12.8. The van der Waals surface area contributed by atoms with Crippen LogP contribution in [0.4, 0.5) is 32.0 Å². The second-order valence-corrected chi connectivity index (χ2v) is 4.80. The highest BCUT2D eigenvalue weighted by molar-refractivity contribution is 5.85. The first-order valence-corrected chi connectivity index (χ1v) is 6.19. The Kier molecular flexibility index (Phi) is 5.33. The van der Waals surface area contributed by atoms with Crippen molar-refractivity contribution in [2.24, 2.45) is 0 Å². The molecule has 0 fully saturated rings. The Hall–Kier alpha value is -2.43. The molecule has 1 heterocycles. The molecule has 0 aliphatic rings. The number of imidazole rings is 1. The molecular formula is C13H10ClF6N3O2. The van der Waals surface area contributed by atoms with Gasteiger partial charge in [0.1, 0.15) is 0 Å². The molecule has 0 unspecified atom stereocenters. The summed E-state index contributed by atoms with van der Waals surface area (Å²) in [4.78, 5) is 15.0. The van der Waals surface area contributed by atoms with Crippen LogP contribution in [-0.2, 0) is 10.7 Å². The molecule has 0 aliphatic heterocycles. The van der Waals surface area contributed by atoms with E-state index in [9.17, 15) is 31.1 Å². The molecule has 0 spiro atoms. The smallest absolute Gasteiger partial charge is 0.411 e. The van der Waals surface area contributed by atoms with Crippen LogP contribution in [0, 0.1) is 0 Å². The molecule has 0 amide bonds. The van der Waals surface area contributed by atoms with E-state index in [-0.39, 0.29) is 23.7 Å². The van der Waals surface area contributed by atoms with Gasteiger partial charge in [-0.1, -0.05) is 12.1 Å². The summed E-state index contributed by atoms with van der Waals surface area (Å²) < 4.78 is 80.4. The number of carboxylic acids is 1. The van der Waals surface area contributed by atoms with Gasteiger partial charge in [-0.25, -0.2) is 9.78 Å². The molecule has 25 heavy (non-hydrogen) atoms. The minimum absolute atomic E-state index is 0. The Bertz CT molecular complexity index is 763. The summed E-state index contributed by atoms with van der Waals surface area (Å²) in [6, 6.07) is 5.49. The predicted octanol–water partition coefficient (Wildman–Crippen LogP) is 3.53. The number of nitrogen functional groups attached to an aromatic ring is 1. The van der Waals surface area contributed by atoms with Crippen molar-refractivity contribution in [2.75, 3.05) is 5.73 Å². The Morgan fingerprint density at radius 3 is 2.08 bits per heavy atom. The standard InChI is InChI=1S/C13H9F6N3O2.ClH/c14-11(15,13(18,19)12(16,17)10(23)24)9-21-5-8(22-9)6-1-3-7(20)4-2-6;/h1-5H,20H2,(H,21,22)(H,23,24);1H. The first-order chi connectivity index (χ1) is 10.9. The van der Waals surface area contributed by atoms with Gasteiger partial charge in [0.25, 0.3) is 0 Å². The Balaban J connectivity index is 0.00000312. The molecule has 1 aromatic heterocycles. The zero-order chi connectivity index (χ0) is 18.3. The van der Waals surface area contributed by atoms with Gasteiger partial charge in [0.2, 0.25) is 0 Å². The van der Waals surface area contributed by atoms with E-state index in [2.05, 4.69) is 4.98 Å². The van der Waals surface area contributed by atoms with Crippen molar-refractivity contribution in [3.8, 4) is 11.3 Å². The lowest BCUT2D eigenvalue weighted by Crippen LogP contribution is -2.56. The number of hydrogen-bond donors (Lipinski definition) is 3. The van der Waals surface area contributed by atoms with Gasteiger partial charge in [0.05, 0.1) is 11.9 Å². The van der Waals surface area contributed by atoms with Gasteiger partial charge < -0.3 is 15.8 Å². The lowest BCUT2D eigenvalue weighted by atomic mass is 10.0. The third-order valence-electron chi connectivity index (χ3n) is 3.15. The largest absolute Gasteiger partial charge is 0.477 e. The topological polar surface area (TPSA) is 92.0 Å². The summed E-state index contributed by atoms with van der Waals surface area (Å²) in [7, 11) is 0. The lowest BCUT2D eigenvalue weighted by Gasteiger charge is -2.28. The van der Waals surface area contributed by atoms with Gasteiger partial charge in [-0.15, -0.1) is 12.4 Å². The number of nitrogens with one attached hydrogen (secondary N) is 1. The SMILES string of the molecule is Cl.Nc1ccc(-c2cnc(C(F)(F)C(F)(F)C(F)(F)C(=O)O)[nH]2)cc1. The fourth-order valence-corrected chi connectivity index (χ4v) is 1.77. The van der Waals surface area contributed by atoms with E-state index in [0.29, 0.717) is 5.69 Å². The van der Waals surface area contributed by atoms with E-state index in [4.69, 9.17) is 10.8 Å². The molecule has 0 saturated heterocycles. The van der Waals surface area contributed by atoms with E-state index in [1.807, 2.05) is 0 Å². The highest BCUT2D eigenvalue weighted by Crippen LogP contribution is 2.50. The number of rotatable bonds is 5. The number of aromatic amines is 1. The van der Waals surface area contributed by atoms with E-state index < -0.39 is 29.6 Å². The summed E-state index contributed by atoms with van der Waals surface area (Å²) in [6.45, 7) is 0. The van der Waals surface area contributed by atoms with Crippen molar-refractivity contribution in [1.82, 2.24) is 9.97 Å². The number of H-pyrrole nitrogens is 1. The molecule has 4 N–H and O–H groups in total. The van der Waals surface area contributed by atoms with Gasteiger partial charge in [0.15, 0.2) is 5.82 Å². The molecule has 1 aromatic carbocycles.